The summed E-state index contributed by atoms with van der Waals surface area (Å²) < 4.78 is 11.7. The molecule has 2 rings (SSSR count). The van der Waals surface area contributed by atoms with Crippen molar-refractivity contribution in [2.24, 2.45) is 0 Å². The molecule has 0 radical (unpaired) electrons. The third kappa shape index (κ3) is 4.04. The molecule has 22 heavy (non-hydrogen) atoms. The molecule has 0 fully saturated rings. The van der Waals surface area contributed by atoms with E-state index in [0.717, 1.165) is 3.57 Å². The van der Waals surface area contributed by atoms with Gasteiger partial charge in [0.15, 0.2) is 11.5 Å². The van der Waals surface area contributed by atoms with Crippen LogP contribution in [-0.2, 0) is 0 Å². The van der Waals surface area contributed by atoms with Gasteiger partial charge in [-0.1, -0.05) is 11.6 Å². The number of carbonyl (C=O) groups excluding carboxylic acids is 1. The number of ether oxygens (including phenoxy) is 2. The Bertz CT molecular complexity index is 674. The summed E-state index contributed by atoms with van der Waals surface area (Å²) in [4.78, 5) is 12.3. The first-order valence-corrected chi connectivity index (χ1v) is 8.08. The van der Waals surface area contributed by atoms with Crippen LogP contribution in [0.3, 0.4) is 0 Å². The van der Waals surface area contributed by atoms with Gasteiger partial charge in [-0.3, -0.25) is 4.79 Å². The SMILES string of the molecule is CCOc1c(I)cc(C(=O)Nc2ccc(Cl)cc2)cc1OC. The highest BCUT2D eigenvalue weighted by Crippen LogP contribution is 2.34. The fraction of sp³-hybridized carbons (Fsp3) is 0.188. The Morgan fingerprint density at radius 3 is 2.55 bits per heavy atom. The lowest BCUT2D eigenvalue weighted by molar-refractivity contribution is 0.102. The van der Waals surface area contributed by atoms with Crippen molar-refractivity contribution >= 4 is 45.8 Å². The van der Waals surface area contributed by atoms with E-state index in [2.05, 4.69) is 27.9 Å². The molecule has 1 amide bonds. The molecule has 0 aliphatic heterocycles. The number of halogens is 2. The Hall–Kier alpha value is -1.47. The van der Waals surface area contributed by atoms with Crippen LogP contribution in [0.5, 0.6) is 11.5 Å². The van der Waals surface area contributed by atoms with E-state index < -0.39 is 0 Å². The standard InChI is InChI=1S/C16H15ClINO3/c1-3-22-15-13(18)8-10(9-14(15)21-2)16(20)19-12-6-4-11(17)5-7-12/h4-9H,3H2,1-2H3,(H,19,20). The molecule has 2 aromatic rings. The summed E-state index contributed by atoms with van der Waals surface area (Å²) in [5, 5.41) is 3.44. The van der Waals surface area contributed by atoms with Gasteiger partial charge < -0.3 is 14.8 Å². The predicted molar refractivity (Wildman–Crippen MR) is 96.3 cm³/mol. The van der Waals surface area contributed by atoms with Crippen LogP contribution in [0.25, 0.3) is 0 Å². The van der Waals surface area contributed by atoms with Crippen LogP contribution in [0.15, 0.2) is 36.4 Å². The van der Waals surface area contributed by atoms with Gasteiger partial charge in [-0.2, -0.15) is 0 Å². The monoisotopic (exact) mass is 431 g/mol. The molecule has 0 bridgehead atoms. The van der Waals surface area contributed by atoms with Gasteiger partial charge in [0.2, 0.25) is 0 Å². The molecule has 0 saturated heterocycles. The molecule has 0 unspecified atom stereocenters. The topological polar surface area (TPSA) is 47.6 Å². The van der Waals surface area contributed by atoms with Crippen molar-refractivity contribution in [3.05, 3.63) is 50.6 Å². The smallest absolute Gasteiger partial charge is 0.255 e. The summed E-state index contributed by atoms with van der Waals surface area (Å²) in [5.74, 6) is 0.963. The lowest BCUT2D eigenvalue weighted by atomic mass is 10.2. The van der Waals surface area contributed by atoms with Gasteiger partial charge in [0.25, 0.3) is 5.91 Å². The van der Waals surface area contributed by atoms with Gasteiger partial charge in [0, 0.05) is 16.3 Å². The third-order valence-electron chi connectivity index (χ3n) is 2.88. The normalized spacial score (nSPS) is 10.2. The highest BCUT2D eigenvalue weighted by atomic mass is 127. The Morgan fingerprint density at radius 2 is 1.95 bits per heavy atom. The van der Waals surface area contributed by atoms with Crippen molar-refractivity contribution in [1.82, 2.24) is 0 Å². The minimum atomic E-state index is -0.221. The molecule has 0 atom stereocenters. The second-order valence-corrected chi connectivity index (χ2v) is 5.98. The van der Waals surface area contributed by atoms with Crippen LogP contribution < -0.4 is 14.8 Å². The second kappa shape index (κ2) is 7.69. The lowest BCUT2D eigenvalue weighted by Crippen LogP contribution is -2.12. The molecule has 0 aromatic heterocycles. The van der Waals surface area contributed by atoms with Crippen molar-refractivity contribution in [3.8, 4) is 11.5 Å². The summed E-state index contributed by atoms with van der Waals surface area (Å²) in [7, 11) is 1.55. The molecular weight excluding hydrogens is 417 g/mol. The van der Waals surface area contributed by atoms with Crippen LogP contribution in [0, 0.1) is 3.57 Å². The van der Waals surface area contributed by atoms with Crippen molar-refractivity contribution in [3.63, 3.8) is 0 Å². The zero-order valence-electron chi connectivity index (χ0n) is 12.2. The average Bonchev–Trinajstić information content (AvgIpc) is 2.51. The fourth-order valence-electron chi connectivity index (χ4n) is 1.87. The number of benzene rings is 2. The summed E-state index contributed by atoms with van der Waals surface area (Å²) in [6.45, 7) is 2.43. The van der Waals surface area contributed by atoms with Gasteiger partial charge in [0.1, 0.15) is 0 Å². The highest BCUT2D eigenvalue weighted by Gasteiger charge is 2.15. The number of methoxy groups -OCH3 is 1. The van der Waals surface area contributed by atoms with Gasteiger partial charge in [-0.25, -0.2) is 0 Å². The van der Waals surface area contributed by atoms with Gasteiger partial charge >= 0.3 is 0 Å². The minimum Gasteiger partial charge on any atom is -0.493 e. The molecule has 0 aliphatic rings. The van der Waals surface area contributed by atoms with Crippen LogP contribution >= 0.6 is 34.2 Å². The van der Waals surface area contributed by atoms with E-state index in [4.69, 9.17) is 21.1 Å². The van der Waals surface area contributed by atoms with Crippen molar-refractivity contribution in [2.75, 3.05) is 19.0 Å². The minimum absolute atomic E-state index is 0.221. The molecule has 4 nitrogen and oxygen atoms in total. The van der Waals surface area contributed by atoms with Gasteiger partial charge in [-0.15, -0.1) is 0 Å². The summed E-state index contributed by atoms with van der Waals surface area (Å²) in [6.07, 6.45) is 0. The van der Waals surface area contributed by atoms with Crippen LogP contribution in [0.4, 0.5) is 5.69 Å². The van der Waals surface area contributed by atoms with Crippen LogP contribution in [-0.4, -0.2) is 19.6 Å². The number of carbonyl (C=O) groups is 1. The molecule has 6 heteroatoms. The maximum atomic E-state index is 12.3. The first-order chi connectivity index (χ1) is 10.5. The molecular formula is C16H15ClINO3. The van der Waals surface area contributed by atoms with Crippen molar-refractivity contribution < 1.29 is 14.3 Å². The number of anilines is 1. The first-order valence-electron chi connectivity index (χ1n) is 6.62. The van der Waals surface area contributed by atoms with E-state index in [0.29, 0.717) is 34.4 Å². The number of hydrogen-bond acceptors (Lipinski definition) is 3. The summed E-state index contributed by atoms with van der Waals surface area (Å²) in [5.41, 5.74) is 1.18. The molecule has 0 spiro atoms. The zero-order chi connectivity index (χ0) is 16.1. The van der Waals surface area contributed by atoms with Gasteiger partial charge in [-0.05, 0) is 65.9 Å². The number of hydrogen-bond donors (Lipinski definition) is 1. The summed E-state index contributed by atoms with van der Waals surface area (Å²) >= 11 is 7.95. The Kier molecular flexibility index (Phi) is 5.90. The fourth-order valence-corrected chi connectivity index (χ4v) is 2.75. The van der Waals surface area contributed by atoms with Crippen molar-refractivity contribution in [2.45, 2.75) is 6.92 Å². The Morgan fingerprint density at radius 1 is 1.27 bits per heavy atom. The third-order valence-corrected chi connectivity index (χ3v) is 3.94. The number of rotatable bonds is 5. The number of amides is 1. The van der Waals surface area contributed by atoms with Crippen molar-refractivity contribution in [1.29, 1.82) is 0 Å². The van der Waals surface area contributed by atoms with E-state index in [1.807, 2.05) is 6.92 Å². The van der Waals surface area contributed by atoms with E-state index in [1.165, 1.54) is 0 Å². The van der Waals surface area contributed by atoms with E-state index >= 15 is 0 Å². The van der Waals surface area contributed by atoms with E-state index in [-0.39, 0.29) is 5.91 Å². The van der Waals surface area contributed by atoms with Crippen LogP contribution in [0.2, 0.25) is 5.02 Å². The average molecular weight is 432 g/mol. The lowest BCUT2D eigenvalue weighted by Gasteiger charge is -2.13. The van der Waals surface area contributed by atoms with E-state index in [9.17, 15) is 4.79 Å². The van der Waals surface area contributed by atoms with Gasteiger partial charge in [0.05, 0.1) is 17.3 Å². The summed E-state index contributed by atoms with van der Waals surface area (Å²) in [6, 6.07) is 10.4. The Balaban J connectivity index is 2.26. The quantitative estimate of drug-likeness (QED) is 0.704. The second-order valence-electron chi connectivity index (χ2n) is 4.38. The molecule has 0 aliphatic carbocycles. The largest absolute Gasteiger partial charge is 0.493 e. The predicted octanol–water partition coefficient (Wildman–Crippen LogP) is 4.60. The maximum Gasteiger partial charge on any atom is 0.255 e. The molecule has 2 aromatic carbocycles. The Labute approximate surface area is 147 Å². The first kappa shape index (κ1) is 16.9. The van der Waals surface area contributed by atoms with E-state index in [1.54, 1.807) is 43.5 Å². The molecule has 116 valence electrons. The van der Waals surface area contributed by atoms with Crippen LogP contribution in [0.1, 0.15) is 17.3 Å². The highest BCUT2D eigenvalue weighted by molar-refractivity contribution is 14.1. The maximum absolute atomic E-state index is 12.3. The number of nitrogens with one attached hydrogen (secondary N) is 1. The molecule has 1 N–H and O–H groups in total. The zero-order valence-corrected chi connectivity index (χ0v) is 15.1. The molecule has 0 saturated carbocycles. The molecule has 0 heterocycles.